The predicted molar refractivity (Wildman–Crippen MR) is 118 cm³/mol. The number of nitrogens with one attached hydrogen (secondary N) is 3. The summed E-state index contributed by atoms with van der Waals surface area (Å²) in [6.07, 6.45) is 0. The van der Waals surface area contributed by atoms with Crippen LogP contribution in [0.1, 0.15) is 18.1 Å². The molecule has 0 aliphatic carbocycles. The third-order valence-electron chi connectivity index (χ3n) is 4.30. The fraction of sp³-hybridized carbons (Fsp3) is 0.190. The number of hydrogen-bond donors (Lipinski definition) is 3. The molecular formula is C21H21N5O3S. The van der Waals surface area contributed by atoms with E-state index in [0.717, 1.165) is 22.9 Å². The number of carbonyl (C=O) groups excluding carboxylic acids is 2. The van der Waals surface area contributed by atoms with Crippen molar-refractivity contribution >= 4 is 35.0 Å². The molecule has 3 N–H and O–H groups in total. The second kappa shape index (κ2) is 9.36. The first kappa shape index (κ1) is 21.3. The second-order valence-electron chi connectivity index (χ2n) is 6.67. The summed E-state index contributed by atoms with van der Waals surface area (Å²) in [5, 5.41) is 13.7. The number of thioether (sulfide) groups is 1. The van der Waals surface area contributed by atoms with Gasteiger partial charge in [-0.2, -0.15) is 0 Å². The van der Waals surface area contributed by atoms with Gasteiger partial charge in [0.1, 0.15) is 0 Å². The summed E-state index contributed by atoms with van der Waals surface area (Å²) in [6, 6.07) is 12.5. The number of anilines is 2. The first-order valence-corrected chi connectivity index (χ1v) is 10.2. The molecule has 0 unspecified atom stereocenters. The number of para-hydroxylation sites is 1. The average Bonchev–Trinajstić information content (AvgIpc) is 2.70. The van der Waals surface area contributed by atoms with Crippen molar-refractivity contribution in [3.8, 4) is 11.3 Å². The third kappa shape index (κ3) is 5.32. The standard InChI is InChI=1S/C21H21N5O3S/c1-12-8-9-15(10-13(12)2)23-18(28)11-30-21-24-20(29)19(25-26-21)16-6-4-5-7-17(16)22-14(3)27/h4-10H,11H2,1-3H3,(H,22,27)(H,23,28)(H,24,26,29). The van der Waals surface area contributed by atoms with Crippen molar-refractivity contribution in [2.75, 3.05) is 16.4 Å². The molecule has 0 aliphatic heterocycles. The zero-order chi connectivity index (χ0) is 21.7. The Balaban J connectivity index is 1.69. The van der Waals surface area contributed by atoms with Gasteiger partial charge >= 0.3 is 0 Å². The van der Waals surface area contributed by atoms with Gasteiger partial charge in [-0.1, -0.05) is 36.0 Å². The van der Waals surface area contributed by atoms with E-state index >= 15 is 0 Å². The van der Waals surface area contributed by atoms with E-state index in [9.17, 15) is 14.4 Å². The van der Waals surface area contributed by atoms with Gasteiger partial charge in [-0.05, 0) is 43.2 Å². The van der Waals surface area contributed by atoms with E-state index in [0.29, 0.717) is 16.9 Å². The maximum Gasteiger partial charge on any atom is 0.278 e. The number of rotatable bonds is 6. The number of aromatic amines is 1. The molecule has 1 aromatic heterocycles. The van der Waals surface area contributed by atoms with E-state index < -0.39 is 5.56 Å². The van der Waals surface area contributed by atoms with E-state index in [-0.39, 0.29) is 28.4 Å². The van der Waals surface area contributed by atoms with Gasteiger partial charge in [0, 0.05) is 18.2 Å². The van der Waals surface area contributed by atoms with Gasteiger partial charge in [0.15, 0.2) is 10.9 Å². The summed E-state index contributed by atoms with van der Waals surface area (Å²) in [6.45, 7) is 5.37. The Hall–Kier alpha value is -3.46. The van der Waals surface area contributed by atoms with E-state index in [1.165, 1.54) is 6.92 Å². The number of H-pyrrole nitrogens is 1. The molecule has 1 heterocycles. The number of carbonyl (C=O) groups is 2. The van der Waals surface area contributed by atoms with Crippen molar-refractivity contribution < 1.29 is 9.59 Å². The van der Waals surface area contributed by atoms with Crippen LogP contribution in [0.3, 0.4) is 0 Å². The molecule has 30 heavy (non-hydrogen) atoms. The molecule has 0 atom stereocenters. The zero-order valence-corrected chi connectivity index (χ0v) is 17.6. The fourth-order valence-corrected chi connectivity index (χ4v) is 3.31. The van der Waals surface area contributed by atoms with Crippen LogP contribution in [0.25, 0.3) is 11.3 Å². The first-order chi connectivity index (χ1) is 14.3. The van der Waals surface area contributed by atoms with E-state index in [1.54, 1.807) is 24.3 Å². The van der Waals surface area contributed by atoms with Crippen LogP contribution < -0.4 is 16.2 Å². The quantitative estimate of drug-likeness (QED) is 0.525. The maximum atomic E-state index is 12.5. The lowest BCUT2D eigenvalue weighted by Gasteiger charge is -2.09. The highest BCUT2D eigenvalue weighted by Gasteiger charge is 2.13. The van der Waals surface area contributed by atoms with Crippen LogP contribution in [-0.4, -0.2) is 32.7 Å². The molecule has 0 radical (unpaired) electrons. The SMILES string of the molecule is CC(=O)Nc1ccccc1-c1nnc(SCC(=O)Nc2ccc(C)c(C)c2)[nH]c1=O. The van der Waals surface area contributed by atoms with Crippen molar-refractivity contribution in [3.63, 3.8) is 0 Å². The molecule has 9 heteroatoms. The van der Waals surface area contributed by atoms with Gasteiger partial charge < -0.3 is 10.6 Å². The van der Waals surface area contributed by atoms with Gasteiger partial charge in [0.05, 0.1) is 11.4 Å². The molecule has 8 nitrogen and oxygen atoms in total. The Morgan fingerprint density at radius 3 is 2.50 bits per heavy atom. The minimum atomic E-state index is -0.458. The molecule has 0 spiro atoms. The Kier molecular flexibility index (Phi) is 6.63. The highest BCUT2D eigenvalue weighted by Crippen LogP contribution is 2.24. The van der Waals surface area contributed by atoms with Gasteiger partial charge in [-0.3, -0.25) is 19.4 Å². The van der Waals surface area contributed by atoms with Crippen LogP contribution >= 0.6 is 11.8 Å². The smallest absolute Gasteiger partial charge is 0.278 e. The van der Waals surface area contributed by atoms with Crippen molar-refractivity contribution in [1.29, 1.82) is 0 Å². The van der Waals surface area contributed by atoms with Crippen molar-refractivity contribution in [2.24, 2.45) is 0 Å². The lowest BCUT2D eigenvalue weighted by molar-refractivity contribution is -0.114. The molecule has 0 saturated heterocycles. The molecule has 3 aromatic rings. The fourth-order valence-electron chi connectivity index (χ4n) is 2.70. The molecule has 0 fully saturated rings. The number of amides is 2. The third-order valence-corrected chi connectivity index (χ3v) is 5.16. The van der Waals surface area contributed by atoms with Crippen LogP contribution in [0, 0.1) is 13.8 Å². The first-order valence-electron chi connectivity index (χ1n) is 9.17. The normalized spacial score (nSPS) is 10.5. The Morgan fingerprint density at radius 2 is 1.80 bits per heavy atom. The van der Waals surface area contributed by atoms with Crippen LogP contribution in [0.15, 0.2) is 52.4 Å². The van der Waals surface area contributed by atoms with Crippen molar-refractivity contribution in [3.05, 3.63) is 63.9 Å². The lowest BCUT2D eigenvalue weighted by atomic mass is 10.1. The zero-order valence-electron chi connectivity index (χ0n) is 16.8. The molecule has 2 amide bonds. The van der Waals surface area contributed by atoms with E-state index in [4.69, 9.17) is 0 Å². The topological polar surface area (TPSA) is 117 Å². The monoisotopic (exact) mass is 423 g/mol. The van der Waals surface area contributed by atoms with Gasteiger partial charge in [-0.25, -0.2) is 0 Å². The number of aryl methyl sites for hydroxylation is 2. The number of hydrogen-bond acceptors (Lipinski definition) is 6. The van der Waals surface area contributed by atoms with E-state index in [2.05, 4.69) is 25.8 Å². The largest absolute Gasteiger partial charge is 0.326 e. The van der Waals surface area contributed by atoms with Crippen LogP contribution in [-0.2, 0) is 9.59 Å². The van der Waals surface area contributed by atoms with Crippen LogP contribution in [0.2, 0.25) is 0 Å². The van der Waals surface area contributed by atoms with Gasteiger partial charge in [-0.15, -0.1) is 10.2 Å². The van der Waals surface area contributed by atoms with Gasteiger partial charge in [0.25, 0.3) is 5.56 Å². The number of aromatic nitrogens is 3. The molecule has 2 aromatic carbocycles. The highest BCUT2D eigenvalue weighted by molar-refractivity contribution is 7.99. The molecule has 0 aliphatic rings. The van der Waals surface area contributed by atoms with Crippen molar-refractivity contribution in [2.45, 2.75) is 25.9 Å². The maximum absolute atomic E-state index is 12.5. The van der Waals surface area contributed by atoms with Crippen LogP contribution in [0.4, 0.5) is 11.4 Å². The minimum Gasteiger partial charge on any atom is -0.326 e. The van der Waals surface area contributed by atoms with Crippen LogP contribution in [0.5, 0.6) is 0 Å². The Bertz CT molecular complexity index is 1160. The summed E-state index contributed by atoms with van der Waals surface area (Å²) >= 11 is 1.08. The average molecular weight is 423 g/mol. The number of benzene rings is 2. The summed E-state index contributed by atoms with van der Waals surface area (Å²) in [4.78, 5) is 38.7. The summed E-state index contributed by atoms with van der Waals surface area (Å²) in [5.41, 5.74) is 3.51. The number of nitrogens with zero attached hydrogens (tertiary/aromatic N) is 2. The molecule has 3 rings (SSSR count). The molecule has 0 bridgehead atoms. The van der Waals surface area contributed by atoms with E-state index in [1.807, 2.05) is 32.0 Å². The Labute approximate surface area is 177 Å². The lowest BCUT2D eigenvalue weighted by Crippen LogP contribution is -2.18. The van der Waals surface area contributed by atoms with Gasteiger partial charge in [0.2, 0.25) is 11.8 Å². The Morgan fingerprint density at radius 1 is 1.03 bits per heavy atom. The second-order valence-corrected chi connectivity index (χ2v) is 7.63. The predicted octanol–water partition coefficient (Wildman–Crippen LogP) is 3.14. The minimum absolute atomic E-state index is 0.0688. The van der Waals surface area contributed by atoms with Crippen molar-refractivity contribution in [1.82, 2.24) is 15.2 Å². The molecule has 0 saturated carbocycles. The summed E-state index contributed by atoms with van der Waals surface area (Å²) in [7, 11) is 0. The summed E-state index contributed by atoms with van der Waals surface area (Å²) in [5.74, 6) is -0.404. The molecular weight excluding hydrogens is 402 g/mol. The highest BCUT2D eigenvalue weighted by atomic mass is 32.2. The summed E-state index contributed by atoms with van der Waals surface area (Å²) < 4.78 is 0. The molecule has 154 valence electrons.